The van der Waals surface area contributed by atoms with E-state index in [-0.39, 0.29) is 24.0 Å². The molecule has 8 nitrogen and oxygen atoms in total. The van der Waals surface area contributed by atoms with Crippen LogP contribution in [0.25, 0.3) is 11.0 Å². The number of aromatic nitrogens is 2. The monoisotopic (exact) mass is 617 g/mol. The first-order valence-electron chi connectivity index (χ1n) is 13.9. The average molecular weight is 618 g/mol. The second kappa shape index (κ2) is 11.7. The number of nitrogens with zero attached hydrogens (tertiary/aromatic N) is 3. The fourth-order valence-electron chi connectivity index (χ4n) is 5.57. The Morgan fingerprint density at radius 2 is 1.86 bits per heavy atom. The van der Waals surface area contributed by atoms with Gasteiger partial charge in [0.05, 0.1) is 54.0 Å². The molecule has 0 bridgehead atoms. The van der Waals surface area contributed by atoms with E-state index in [4.69, 9.17) is 19.2 Å². The van der Waals surface area contributed by atoms with Crippen molar-refractivity contribution < 1.29 is 46.1 Å². The maximum atomic E-state index is 14.5. The van der Waals surface area contributed by atoms with E-state index in [1.165, 1.54) is 19.2 Å². The topological polar surface area (TPSA) is 86.0 Å². The number of benzene rings is 3. The lowest BCUT2D eigenvalue weighted by molar-refractivity contribution is -0.139. The maximum Gasteiger partial charge on any atom is 0.419 e. The van der Waals surface area contributed by atoms with Gasteiger partial charge in [-0.25, -0.2) is 18.6 Å². The molecular formula is C31H28F5N3O5. The molecule has 1 N–H and O–H groups in total. The summed E-state index contributed by atoms with van der Waals surface area (Å²) in [6, 6.07) is 8.92. The quantitative estimate of drug-likeness (QED) is 0.232. The van der Waals surface area contributed by atoms with Gasteiger partial charge in [0.25, 0.3) is 0 Å². The largest absolute Gasteiger partial charge is 0.497 e. The van der Waals surface area contributed by atoms with E-state index in [1.54, 1.807) is 12.1 Å². The number of carbonyl (C=O) groups is 1. The number of hydrogen-bond donors (Lipinski definition) is 1. The molecule has 44 heavy (non-hydrogen) atoms. The molecule has 6 rings (SSSR count). The van der Waals surface area contributed by atoms with Gasteiger partial charge in [-0.3, -0.25) is 4.90 Å². The molecule has 1 saturated heterocycles. The van der Waals surface area contributed by atoms with Crippen LogP contribution in [-0.4, -0.2) is 51.9 Å². The van der Waals surface area contributed by atoms with Crippen molar-refractivity contribution in [3.8, 4) is 11.5 Å². The molecular weight excluding hydrogens is 589 g/mol. The molecule has 0 saturated carbocycles. The van der Waals surface area contributed by atoms with Gasteiger partial charge in [-0.2, -0.15) is 13.2 Å². The van der Waals surface area contributed by atoms with Crippen LogP contribution >= 0.6 is 0 Å². The zero-order chi connectivity index (χ0) is 31.2. The van der Waals surface area contributed by atoms with E-state index in [2.05, 4.69) is 0 Å². The second-order valence-electron chi connectivity index (χ2n) is 10.9. The van der Waals surface area contributed by atoms with Gasteiger partial charge in [-0.15, -0.1) is 0 Å². The summed E-state index contributed by atoms with van der Waals surface area (Å²) in [6.45, 7) is 1.47. The average Bonchev–Trinajstić information content (AvgIpc) is 3.28. The number of alkyl halides is 3. The van der Waals surface area contributed by atoms with Crippen molar-refractivity contribution in [3.63, 3.8) is 0 Å². The molecule has 0 spiro atoms. The lowest BCUT2D eigenvalue weighted by atomic mass is 9.96. The number of carboxylic acids is 1. The van der Waals surface area contributed by atoms with Gasteiger partial charge in [-0.05, 0) is 54.3 Å². The molecule has 13 heteroatoms. The highest BCUT2D eigenvalue weighted by atomic mass is 19.4. The number of aromatic carboxylic acids is 1. The number of imidazole rings is 1. The Morgan fingerprint density at radius 3 is 2.50 bits per heavy atom. The Kier molecular flexibility index (Phi) is 7.93. The molecule has 232 valence electrons. The number of halogens is 5. The molecule has 0 aliphatic carbocycles. The third-order valence-electron chi connectivity index (χ3n) is 8.04. The van der Waals surface area contributed by atoms with Crippen molar-refractivity contribution in [2.24, 2.45) is 0 Å². The van der Waals surface area contributed by atoms with E-state index in [1.807, 2.05) is 9.47 Å². The van der Waals surface area contributed by atoms with Gasteiger partial charge in [0.15, 0.2) is 0 Å². The van der Waals surface area contributed by atoms with Crippen LogP contribution in [0.4, 0.5) is 22.0 Å². The molecule has 3 heterocycles. The van der Waals surface area contributed by atoms with Crippen LogP contribution in [0.3, 0.4) is 0 Å². The third-order valence-corrected chi connectivity index (χ3v) is 8.04. The number of carboxylic acid groups (broad SMARTS) is 1. The lowest BCUT2D eigenvalue weighted by Gasteiger charge is -2.31. The smallest absolute Gasteiger partial charge is 0.419 e. The molecule has 0 unspecified atom stereocenters. The molecule has 1 fully saturated rings. The molecule has 0 amide bonds. The SMILES string of the molecule is COc1cc(F)c(COc2cc3c(cc2C(F)(F)F)CCN(Cc2nc4ccc(C(=O)O)cc4n2C[C@@H]2CCO2)C3)c(F)c1. The zero-order valence-electron chi connectivity index (χ0n) is 23.6. The molecule has 1 atom stereocenters. The summed E-state index contributed by atoms with van der Waals surface area (Å²) >= 11 is 0. The molecule has 3 aromatic carbocycles. The van der Waals surface area contributed by atoms with Gasteiger partial charge in [0, 0.05) is 31.8 Å². The Balaban J connectivity index is 1.27. The first-order valence-corrected chi connectivity index (χ1v) is 13.9. The number of hydrogen-bond acceptors (Lipinski definition) is 6. The fraction of sp³-hybridized carbons (Fsp3) is 0.355. The van der Waals surface area contributed by atoms with Gasteiger partial charge < -0.3 is 23.9 Å². The first-order chi connectivity index (χ1) is 21.0. The van der Waals surface area contributed by atoms with Crippen LogP contribution in [0, 0.1) is 11.6 Å². The Labute approximate surface area is 248 Å². The minimum atomic E-state index is -4.75. The Hall–Kier alpha value is -4.23. The number of rotatable bonds is 9. The minimum absolute atomic E-state index is 0.0254. The highest BCUT2D eigenvalue weighted by Gasteiger charge is 2.36. The fourth-order valence-corrected chi connectivity index (χ4v) is 5.57. The van der Waals surface area contributed by atoms with E-state index in [9.17, 15) is 31.9 Å². The number of ether oxygens (including phenoxy) is 3. The van der Waals surface area contributed by atoms with Gasteiger partial charge in [0.1, 0.15) is 35.6 Å². The van der Waals surface area contributed by atoms with Gasteiger partial charge >= 0.3 is 12.1 Å². The van der Waals surface area contributed by atoms with Crippen molar-refractivity contribution >= 4 is 17.0 Å². The van der Waals surface area contributed by atoms with Crippen molar-refractivity contribution in [3.05, 3.63) is 87.7 Å². The van der Waals surface area contributed by atoms with Crippen molar-refractivity contribution in [2.45, 2.75) is 51.4 Å². The van der Waals surface area contributed by atoms with Crippen LogP contribution in [0.2, 0.25) is 0 Å². The molecule has 2 aliphatic rings. The summed E-state index contributed by atoms with van der Waals surface area (Å²) in [7, 11) is 1.24. The summed E-state index contributed by atoms with van der Waals surface area (Å²) in [5.74, 6) is -2.96. The van der Waals surface area contributed by atoms with Crippen molar-refractivity contribution in [2.75, 3.05) is 20.3 Å². The highest BCUT2D eigenvalue weighted by molar-refractivity contribution is 5.92. The second-order valence-corrected chi connectivity index (χ2v) is 10.9. The standard InChI is InChI=1S/C31H28F5N3O5/c1-42-21-11-24(32)22(25(33)12-21)16-44-28-10-19-13-38(6-4-17(19)8-23(28)31(34,35)36)15-29-37-26-3-2-18(30(40)41)9-27(26)39(29)14-20-5-7-43-20/h2-3,8-12,20H,4-7,13-16H2,1H3,(H,40,41)/t20-/m0/s1. The van der Waals surface area contributed by atoms with E-state index in [0.29, 0.717) is 60.6 Å². The number of fused-ring (bicyclic) bond motifs is 2. The van der Waals surface area contributed by atoms with Crippen LogP contribution in [0.15, 0.2) is 42.5 Å². The summed E-state index contributed by atoms with van der Waals surface area (Å²) in [5, 5.41) is 9.49. The summed E-state index contributed by atoms with van der Waals surface area (Å²) in [4.78, 5) is 18.4. The minimum Gasteiger partial charge on any atom is -0.497 e. The molecule has 1 aromatic heterocycles. The summed E-state index contributed by atoms with van der Waals surface area (Å²) in [6.07, 6.45) is -3.58. The summed E-state index contributed by atoms with van der Waals surface area (Å²) in [5.41, 5.74) is 0.989. The highest BCUT2D eigenvalue weighted by Crippen LogP contribution is 2.40. The van der Waals surface area contributed by atoms with Gasteiger partial charge in [0.2, 0.25) is 0 Å². The van der Waals surface area contributed by atoms with Gasteiger partial charge in [-0.1, -0.05) is 0 Å². The summed E-state index contributed by atoms with van der Waals surface area (Å²) < 4.78 is 88.8. The molecule has 2 aliphatic heterocycles. The van der Waals surface area contributed by atoms with E-state index < -0.39 is 47.3 Å². The van der Waals surface area contributed by atoms with Crippen LogP contribution < -0.4 is 9.47 Å². The van der Waals surface area contributed by atoms with E-state index in [0.717, 1.165) is 24.6 Å². The predicted octanol–water partition coefficient (Wildman–Crippen LogP) is 5.97. The first kappa shape index (κ1) is 29.8. The Bertz CT molecular complexity index is 1710. The third kappa shape index (κ3) is 5.93. The zero-order valence-corrected chi connectivity index (χ0v) is 23.6. The normalized spacial score (nSPS) is 16.9. The number of methoxy groups -OCH3 is 1. The van der Waals surface area contributed by atoms with Crippen LogP contribution in [0.1, 0.15) is 44.9 Å². The predicted molar refractivity (Wildman–Crippen MR) is 148 cm³/mol. The van der Waals surface area contributed by atoms with Crippen molar-refractivity contribution in [1.29, 1.82) is 0 Å². The molecule has 4 aromatic rings. The lowest BCUT2D eigenvalue weighted by Crippen LogP contribution is -2.34. The van der Waals surface area contributed by atoms with E-state index >= 15 is 0 Å². The Morgan fingerprint density at radius 1 is 1.11 bits per heavy atom. The maximum absolute atomic E-state index is 14.5. The molecule has 0 radical (unpaired) electrons. The van der Waals surface area contributed by atoms with Crippen LogP contribution in [-0.2, 0) is 43.6 Å². The van der Waals surface area contributed by atoms with Crippen molar-refractivity contribution in [1.82, 2.24) is 14.5 Å². The van der Waals surface area contributed by atoms with Crippen LogP contribution in [0.5, 0.6) is 11.5 Å².